The summed E-state index contributed by atoms with van der Waals surface area (Å²) in [7, 11) is -4.60. The summed E-state index contributed by atoms with van der Waals surface area (Å²) in [4.78, 5) is 1.88. The van der Waals surface area contributed by atoms with Crippen LogP contribution in [0.5, 0.6) is 0 Å². The van der Waals surface area contributed by atoms with E-state index in [4.69, 9.17) is 0 Å². The maximum atomic E-state index is 12.7. The number of aryl methyl sites for hydroxylation is 1. The lowest BCUT2D eigenvalue weighted by atomic mass is 10.3. The first-order valence-electron chi connectivity index (χ1n) is 6.37. The third-order valence-corrected chi connectivity index (χ3v) is 5.61. The van der Waals surface area contributed by atoms with Gasteiger partial charge in [0.25, 0.3) is 0 Å². The van der Waals surface area contributed by atoms with Crippen LogP contribution in [0.4, 0.5) is 14.5 Å². The van der Waals surface area contributed by atoms with E-state index >= 15 is 0 Å². The zero-order chi connectivity index (χ0) is 15.5. The van der Waals surface area contributed by atoms with Gasteiger partial charge in [0.1, 0.15) is 0 Å². The summed E-state index contributed by atoms with van der Waals surface area (Å²) in [6.07, 6.45) is 0.932. The average molecular weight is 331 g/mol. The van der Waals surface area contributed by atoms with Crippen molar-refractivity contribution in [2.45, 2.75) is 30.5 Å². The molecule has 0 radical (unpaired) electrons. The van der Waals surface area contributed by atoms with Crippen molar-refractivity contribution in [2.24, 2.45) is 0 Å². The quantitative estimate of drug-likeness (QED) is 0.873. The minimum Gasteiger partial charge on any atom is -0.379 e. The molecule has 114 valence electrons. The van der Waals surface area contributed by atoms with Crippen LogP contribution in [-0.2, 0) is 22.8 Å². The molecule has 0 amide bonds. The number of halogens is 2. The molecular weight excluding hydrogens is 316 g/mol. The molecule has 0 atom stereocenters. The maximum Gasteiger partial charge on any atom is 0.341 e. The third-order valence-electron chi connectivity index (χ3n) is 2.95. The second-order valence-electron chi connectivity index (χ2n) is 4.38. The number of rotatable bonds is 6. The fraction of sp³-hybridized carbons (Fsp3) is 0.286. The Labute approximate surface area is 126 Å². The maximum absolute atomic E-state index is 12.7. The highest BCUT2D eigenvalue weighted by molar-refractivity contribution is 7.91. The summed E-state index contributed by atoms with van der Waals surface area (Å²) in [6.45, 7) is 2.45. The number of benzene rings is 1. The predicted octanol–water partition coefficient (Wildman–Crippen LogP) is 3.92. The van der Waals surface area contributed by atoms with Crippen LogP contribution in [0.3, 0.4) is 0 Å². The standard InChI is InChI=1S/C14H15F2NO2S2/c1-2-10-7-8-11(20-10)9-17-12-5-3-4-6-13(12)21(18,19)14(15)16/h3-8,14,17H,2,9H2,1H3. The van der Waals surface area contributed by atoms with Crippen molar-refractivity contribution < 1.29 is 17.2 Å². The van der Waals surface area contributed by atoms with Crippen molar-refractivity contribution in [1.29, 1.82) is 0 Å². The van der Waals surface area contributed by atoms with Crippen LogP contribution in [0, 0.1) is 0 Å². The second-order valence-corrected chi connectivity index (χ2v) is 7.52. The van der Waals surface area contributed by atoms with Gasteiger partial charge in [-0.3, -0.25) is 0 Å². The summed E-state index contributed by atoms with van der Waals surface area (Å²) in [5.41, 5.74) is 0.198. The summed E-state index contributed by atoms with van der Waals surface area (Å²) in [5.74, 6) is -3.42. The molecule has 0 spiro atoms. The fourth-order valence-corrected chi connectivity index (χ4v) is 3.65. The van der Waals surface area contributed by atoms with Crippen molar-refractivity contribution in [2.75, 3.05) is 5.32 Å². The van der Waals surface area contributed by atoms with Gasteiger partial charge < -0.3 is 5.32 Å². The van der Waals surface area contributed by atoms with Crippen LogP contribution in [0.15, 0.2) is 41.3 Å². The second kappa shape index (κ2) is 6.53. The Balaban J connectivity index is 2.21. The summed E-state index contributed by atoms with van der Waals surface area (Å²) in [5, 5.41) is 2.93. The van der Waals surface area contributed by atoms with E-state index in [-0.39, 0.29) is 10.6 Å². The summed E-state index contributed by atoms with van der Waals surface area (Å²) in [6, 6.07) is 9.67. The largest absolute Gasteiger partial charge is 0.379 e. The lowest BCUT2D eigenvalue weighted by Gasteiger charge is -2.11. The van der Waals surface area contributed by atoms with Crippen molar-refractivity contribution >= 4 is 26.9 Å². The smallest absolute Gasteiger partial charge is 0.341 e. The molecule has 3 nitrogen and oxygen atoms in total. The number of para-hydroxylation sites is 1. The molecule has 1 heterocycles. The molecule has 7 heteroatoms. The normalized spacial score (nSPS) is 11.8. The van der Waals surface area contributed by atoms with Crippen molar-refractivity contribution in [3.8, 4) is 0 Å². The Bertz CT molecular complexity index is 711. The highest BCUT2D eigenvalue weighted by atomic mass is 32.2. The molecule has 0 aliphatic rings. The molecule has 0 saturated carbocycles. The number of alkyl halides is 2. The minimum atomic E-state index is -4.60. The lowest BCUT2D eigenvalue weighted by molar-refractivity contribution is 0.235. The van der Waals surface area contributed by atoms with Gasteiger partial charge in [-0.05, 0) is 30.7 Å². The lowest BCUT2D eigenvalue weighted by Crippen LogP contribution is -2.14. The SMILES string of the molecule is CCc1ccc(CNc2ccccc2S(=O)(=O)C(F)F)s1. The van der Waals surface area contributed by atoms with E-state index in [0.29, 0.717) is 6.54 Å². The molecule has 21 heavy (non-hydrogen) atoms. The van der Waals surface area contributed by atoms with Crippen molar-refractivity contribution in [1.82, 2.24) is 0 Å². The van der Waals surface area contributed by atoms with Gasteiger partial charge in [-0.25, -0.2) is 8.42 Å². The molecule has 0 unspecified atom stereocenters. The molecule has 0 aliphatic heterocycles. The predicted molar refractivity (Wildman–Crippen MR) is 80.7 cm³/mol. The molecule has 1 aromatic heterocycles. The van der Waals surface area contributed by atoms with Gasteiger partial charge in [0.15, 0.2) is 0 Å². The van der Waals surface area contributed by atoms with Gasteiger partial charge >= 0.3 is 5.76 Å². The van der Waals surface area contributed by atoms with E-state index < -0.39 is 15.6 Å². The first-order chi connectivity index (χ1) is 9.95. The van der Waals surface area contributed by atoms with Gasteiger partial charge in [-0.2, -0.15) is 8.78 Å². The molecule has 2 rings (SSSR count). The zero-order valence-corrected chi connectivity index (χ0v) is 13.0. The molecule has 0 bridgehead atoms. The minimum absolute atomic E-state index is 0.198. The summed E-state index contributed by atoms with van der Waals surface area (Å²) < 4.78 is 48.6. The fourth-order valence-electron chi connectivity index (χ4n) is 1.85. The van der Waals surface area contributed by atoms with Crippen LogP contribution in [-0.4, -0.2) is 14.2 Å². The van der Waals surface area contributed by atoms with Crippen LogP contribution < -0.4 is 5.32 Å². The Morgan fingerprint density at radius 1 is 1.14 bits per heavy atom. The van der Waals surface area contributed by atoms with Crippen LogP contribution in [0.2, 0.25) is 0 Å². The Hall–Kier alpha value is -1.47. The molecule has 0 fully saturated rings. The van der Waals surface area contributed by atoms with Gasteiger partial charge in [0.05, 0.1) is 10.6 Å². The van der Waals surface area contributed by atoms with Crippen LogP contribution in [0.25, 0.3) is 0 Å². The van der Waals surface area contributed by atoms with E-state index in [1.807, 2.05) is 19.1 Å². The molecule has 1 N–H and O–H groups in total. The number of anilines is 1. The number of thiophene rings is 1. The summed E-state index contributed by atoms with van der Waals surface area (Å²) >= 11 is 1.61. The van der Waals surface area contributed by atoms with E-state index in [2.05, 4.69) is 5.32 Å². The van der Waals surface area contributed by atoms with E-state index in [1.165, 1.54) is 23.1 Å². The van der Waals surface area contributed by atoms with Gasteiger partial charge in [-0.15, -0.1) is 11.3 Å². The molecule has 0 saturated heterocycles. The van der Waals surface area contributed by atoms with E-state index in [1.54, 1.807) is 17.4 Å². The van der Waals surface area contributed by atoms with Crippen LogP contribution >= 0.6 is 11.3 Å². The Morgan fingerprint density at radius 3 is 2.43 bits per heavy atom. The molecule has 0 aliphatic carbocycles. The van der Waals surface area contributed by atoms with E-state index in [0.717, 1.165) is 11.3 Å². The van der Waals surface area contributed by atoms with E-state index in [9.17, 15) is 17.2 Å². The van der Waals surface area contributed by atoms with Gasteiger partial charge in [-0.1, -0.05) is 19.1 Å². The average Bonchev–Trinajstić information content (AvgIpc) is 2.93. The Morgan fingerprint density at radius 2 is 1.81 bits per heavy atom. The van der Waals surface area contributed by atoms with Crippen molar-refractivity contribution in [3.63, 3.8) is 0 Å². The highest BCUT2D eigenvalue weighted by Gasteiger charge is 2.28. The highest BCUT2D eigenvalue weighted by Crippen LogP contribution is 2.27. The molecule has 2 aromatic rings. The zero-order valence-electron chi connectivity index (χ0n) is 11.3. The topological polar surface area (TPSA) is 46.2 Å². The first kappa shape index (κ1) is 15.9. The van der Waals surface area contributed by atoms with Gasteiger partial charge in [0, 0.05) is 16.3 Å². The molecular formula is C14H15F2NO2S2. The van der Waals surface area contributed by atoms with Gasteiger partial charge in [0.2, 0.25) is 9.84 Å². The van der Waals surface area contributed by atoms with Crippen LogP contribution in [0.1, 0.15) is 16.7 Å². The Kier molecular flexibility index (Phi) is 4.95. The number of hydrogen-bond acceptors (Lipinski definition) is 4. The first-order valence-corrected chi connectivity index (χ1v) is 8.74. The third kappa shape index (κ3) is 3.59. The van der Waals surface area contributed by atoms with Crippen molar-refractivity contribution in [3.05, 3.63) is 46.2 Å². The number of nitrogens with one attached hydrogen (secondary N) is 1. The number of hydrogen-bond donors (Lipinski definition) is 1. The molecule has 1 aromatic carbocycles. The monoisotopic (exact) mass is 331 g/mol. The number of sulfone groups is 1.